The first-order valence-corrected chi connectivity index (χ1v) is 3.17. The number of rotatable bonds is 2. The topological polar surface area (TPSA) is 51.8 Å². The standard InChI is InChI=1S/C7H10N3/c1-6-3-5-9-10-7(6)2-4-8/h3,5H,1-2,4,8H2. The van der Waals surface area contributed by atoms with Gasteiger partial charge in [0.2, 0.25) is 0 Å². The van der Waals surface area contributed by atoms with Crippen molar-refractivity contribution in [2.75, 3.05) is 6.54 Å². The van der Waals surface area contributed by atoms with E-state index in [-0.39, 0.29) is 0 Å². The molecule has 0 saturated carbocycles. The molecular formula is C7H10N3. The molecule has 3 heteroatoms. The van der Waals surface area contributed by atoms with E-state index in [9.17, 15) is 0 Å². The maximum atomic E-state index is 5.33. The molecule has 0 unspecified atom stereocenters. The highest BCUT2D eigenvalue weighted by Gasteiger charge is 1.95. The zero-order valence-corrected chi connectivity index (χ0v) is 5.75. The van der Waals surface area contributed by atoms with Gasteiger partial charge in [0.25, 0.3) is 0 Å². The molecule has 0 aromatic carbocycles. The van der Waals surface area contributed by atoms with Crippen molar-refractivity contribution >= 4 is 0 Å². The monoisotopic (exact) mass is 136 g/mol. The van der Waals surface area contributed by atoms with E-state index in [4.69, 9.17) is 5.73 Å². The van der Waals surface area contributed by atoms with E-state index < -0.39 is 0 Å². The Labute approximate surface area is 60.3 Å². The molecule has 0 spiro atoms. The predicted octanol–water partition coefficient (Wildman–Crippen LogP) is 0.160. The molecule has 0 amide bonds. The maximum Gasteiger partial charge on any atom is 0.0675 e. The number of nitrogens with zero attached hydrogens (tertiary/aromatic N) is 2. The quantitative estimate of drug-likeness (QED) is 0.630. The van der Waals surface area contributed by atoms with Gasteiger partial charge in [-0.3, -0.25) is 0 Å². The van der Waals surface area contributed by atoms with Gasteiger partial charge >= 0.3 is 0 Å². The molecule has 0 fully saturated rings. The summed E-state index contributed by atoms with van der Waals surface area (Å²) in [5.41, 5.74) is 7.14. The molecule has 2 N–H and O–H groups in total. The minimum Gasteiger partial charge on any atom is -0.330 e. The second-order valence-electron chi connectivity index (χ2n) is 2.04. The second kappa shape index (κ2) is 3.27. The van der Waals surface area contributed by atoms with Gasteiger partial charge in [-0.15, -0.1) is 0 Å². The molecule has 10 heavy (non-hydrogen) atoms. The predicted molar refractivity (Wildman–Crippen MR) is 39.2 cm³/mol. The van der Waals surface area contributed by atoms with E-state index in [2.05, 4.69) is 17.1 Å². The number of hydrogen-bond acceptors (Lipinski definition) is 3. The zero-order chi connectivity index (χ0) is 7.40. The molecule has 1 radical (unpaired) electrons. The molecule has 3 nitrogen and oxygen atoms in total. The molecule has 0 atom stereocenters. The lowest BCUT2D eigenvalue weighted by Crippen LogP contribution is -2.06. The fraction of sp³-hybridized carbons (Fsp3) is 0.286. The van der Waals surface area contributed by atoms with Crippen molar-refractivity contribution in [1.29, 1.82) is 0 Å². The summed E-state index contributed by atoms with van der Waals surface area (Å²) in [4.78, 5) is 0. The van der Waals surface area contributed by atoms with E-state index in [0.717, 1.165) is 17.7 Å². The van der Waals surface area contributed by atoms with E-state index in [1.54, 1.807) is 6.20 Å². The van der Waals surface area contributed by atoms with Crippen LogP contribution in [0.4, 0.5) is 0 Å². The Morgan fingerprint density at radius 3 is 3.00 bits per heavy atom. The highest BCUT2D eigenvalue weighted by Crippen LogP contribution is 2.00. The van der Waals surface area contributed by atoms with Gasteiger partial charge in [0, 0.05) is 12.6 Å². The molecule has 1 aromatic heterocycles. The molecule has 0 bridgehead atoms. The first kappa shape index (κ1) is 7.15. The van der Waals surface area contributed by atoms with Crippen molar-refractivity contribution in [2.24, 2.45) is 5.73 Å². The SMILES string of the molecule is [CH2]c1ccnnc1CCN. The third-order valence-electron chi connectivity index (χ3n) is 1.27. The lowest BCUT2D eigenvalue weighted by atomic mass is 10.2. The Hall–Kier alpha value is -0.960. The minimum absolute atomic E-state index is 0.598. The van der Waals surface area contributed by atoms with Crippen molar-refractivity contribution in [1.82, 2.24) is 10.2 Å². The summed E-state index contributed by atoms with van der Waals surface area (Å²) in [6.07, 6.45) is 2.38. The molecule has 53 valence electrons. The fourth-order valence-corrected chi connectivity index (χ4v) is 0.734. The number of hydrogen-bond donors (Lipinski definition) is 1. The molecule has 0 aliphatic heterocycles. The highest BCUT2D eigenvalue weighted by atomic mass is 15.1. The maximum absolute atomic E-state index is 5.33. The zero-order valence-electron chi connectivity index (χ0n) is 5.75. The molecule has 0 aliphatic rings. The Kier molecular flexibility index (Phi) is 2.34. The first-order valence-electron chi connectivity index (χ1n) is 3.17. The molecular weight excluding hydrogens is 126 g/mol. The lowest BCUT2D eigenvalue weighted by Gasteiger charge is -1.98. The minimum atomic E-state index is 0.598. The van der Waals surface area contributed by atoms with Crippen LogP contribution in [0, 0.1) is 6.92 Å². The van der Waals surface area contributed by atoms with Crippen molar-refractivity contribution in [3.05, 3.63) is 30.4 Å². The third kappa shape index (κ3) is 1.51. The molecule has 1 rings (SSSR count). The summed E-state index contributed by atoms with van der Waals surface area (Å²) in [5.74, 6) is 0. The van der Waals surface area contributed by atoms with Gasteiger partial charge in [0.1, 0.15) is 0 Å². The van der Waals surface area contributed by atoms with Crippen LogP contribution in [-0.4, -0.2) is 16.7 Å². The Morgan fingerprint density at radius 2 is 2.40 bits per heavy atom. The highest BCUT2D eigenvalue weighted by molar-refractivity contribution is 5.20. The number of nitrogens with two attached hydrogens (primary N) is 1. The largest absolute Gasteiger partial charge is 0.330 e. The van der Waals surface area contributed by atoms with Crippen molar-refractivity contribution in [2.45, 2.75) is 6.42 Å². The van der Waals surface area contributed by atoms with Crippen molar-refractivity contribution < 1.29 is 0 Å². The van der Waals surface area contributed by atoms with Gasteiger partial charge in [-0.25, -0.2) is 0 Å². The van der Waals surface area contributed by atoms with Gasteiger partial charge < -0.3 is 5.73 Å². The van der Waals surface area contributed by atoms with Crippen LogP contribution in [0.25, 0.3) is 0 Å². The summed E-state index contributed by atoms with van der Waals surface area (Å²) in [6.45, 7) is 4.38. The van der Waals surface area contributed by atoms with Crippen LogP contribution >= 0.6 is 0 Å². The van der Waals surface area contributed by atoms with E-state index in [1.807, 2.05) is 6.07 Å². The summed E-state index contributed by atoms with van der Waals surface area (Å²) in [6, 6.07) is 1.83. The van der Waals surface area contributed by atoms with Crippen LogP contribution in [0.2, 0.25) is 0 Å². The summed E-state index contributed by atoms with van der Waals surface area (Å²) >= 11 is 0. The molecule has 0 aliphatic carbocycles. The van der Waals surface area contributed by atoms with Crippen LogP contribution in [0.15, 0.2) is 12.3 Å². The van der Waals surface area contributed by atoms with Gasteiger partial charge in [-0.05, 0) is 25.1 Å². The van der Waals surface area contributed by atoms with Gasteiger partial charge in [0.15, 0.2) is 0 Å². The van der Waals surface area contributed by atoms with Crippen LogP contribution in [0.3, 0.4) is 0 Å². The average Bonchev–Trinajstić information content (AvgIpc) is 1.94. The fourth-order valence-electron chi connectivity index (χ4n) is 0.734. The van der Waals surface area contributed by atoms with Gasteiger partial charge in [0.05, 0.1) is 5.69 Å². The molecule has 0 saturated heterocycles. The van der Waals surface area contributed by atoms with Crippen LogP contribution in [-0.2, 0) is 6.42 Å². The normalized spacial score (nSPS) is 9.80. The average molecular weight is 136 g/mol. The Bertz CT molecular complexity index is 210. The lowest BCUT2D eigenvalue weighted by molar-refractivity contribution is 0.859. The van der Waals surface area contributed by atoms with Crippen LogP contribution in [0.1, 0.15) is 11.3 Å². The summed E-state index contributed by atoms with van der Waals surface area (Å²) in [5, 5.41) is 7.59. The summed E-state index contributed by atoms with van der Waals surface area (Å²) < 4.78 is 0. The number of aromatic nitrogens is 2. The van der Waals surface area contributed by atoms with Crippen molar-refractivity contribution in [3.8, 4) is 0 Å². The molecule has 1 heterocycles. The first-order chi connectivity index (χ1) is 4.84. The smallest absolute Gasteiger partial charge is 0.0675 e. The summed E-state index contributed by atoms with van der Waals surface area (Å²) in [7, 11) is 0. The van der Waals surface area contributed by atoms with Crippen LogP contribution < -0.4 is 5.73 Å². The van der Waals surface area contributed by atoms with E-state index in [0.29, 0.717) is 6.54 Å². The van der Waals surface area contributed by atoms with Crippen molar-refractivity contribution in [3.63, 3.8) is 0 Å². The third-order valence-corrected chi connectivity index (χ3v) is 1.27. The van der Waals surface area contributed by atoms with E-state index in [1.165, 1.54) is 0 Å². The Balaban J connectivity index is 2.81. The second-order valence-corrected chi connectivity index (χ2v) is 2.04. The van der Waals surface area contributed by atoms with Crippen LogP contribution in [0.5, 0.6) is 0 Å². The van der Waals surface area contributed by atoms with Gasteiger partial charge in [-0.2, -0.15) is 10.2 Å². The molecule has 1 aromatic rings. The van der Waals surface area contributed by atoms with Gasteiger partial charge in [-0.1, -0.05) is 0 Å². The Morgan fingerprint density at radius 1 is 1.60 bits per heavy atom. The van der Waals surface area contributed by atoms with E-state index >= 15 is 0 Å².